The Bertz CT molecular complexity index is 1220. The topological polar surface area (TPSA) is 151 Å². The summed E-state index contributed by atoms with van der Waals surface area (Å²) in [6.07, 6.45) is -1.05. The molecule has 4 N–H and O–H groups in total. The number of hydrogen-bond donors (Lipinski definition) is 3. The molecule has 0 spiro atoms. The lowest BCUT2D eigenvalue weighted by Gasteiger charge is -2.35. The maximum Gasteiger partial charge on any atom is 0.407 e. The number of anilines is 2. The highest BCUT2D eigenvalue weighted by Gasteiger charge is 2.29. The maximum absolute atomic E-state index is 13.0. The van der Waals surface area contributed by atoms with Gasteiger partial charge in [-0.1, -0.05) is 41.7 Å². The molecule has 1 amide bonds. The number of hydrogen-bond acceptors (Lipinski definition) is 9. The van der Waals surface area contributed by atoms with E-state index in [0.29, 0.717) is 10.3 Å². The Hall–Kier alpha value is -2.99. The predicted octanol–water partition coefficient (Wildman–Crippen LogP) is 3.22. The standard InChI is InChI=1S/C20H26N6O4S2/c1-12(10-26(19(27)28)20(2,3)4)22-15-14-16(23-17(21)31-14)25-18(24-15)32(29,30)11-13-8-6-5-7-9-13/h5-9,12H,10-11H2,1-4H3,(H,27,28)(H3,21,22,23,24,25)/t12-/m1/s1. The summed E-state index contributed by atoms with van der Waals surface area (Å²) in [5.41, 5.74) is 6.00. The predicted molar refractivity (Wildman–Crippen MR) is 125 cm³/mol. The fourth-order valence-electron chi connectivity index (χ4n) is 3.11. The van der Waals surface area contributed by atoms with Gasteiger partial charge in [0, 0.05) is 18.1 Å². The number of amides is 1. The Morgan fingerprint density at radius 3 is 2.47 bits per heavy atom. The van der Waals surface area contributed by atoms with Gasteiger partial charge in [-0.2, -0.15) is 9.97 Å². The number of rotatable bonds is 7. The third-order valence-electron chi connectivity index (χ3n) is 4.61. The van der Waals surface area contributed by atoms with Crippen LogP contribution >= 0.6 is 11.3 Å². The number of aromatic nitrogens is 3. The first-order chi connectivity index (χ1) is 14.9. The van der Waals surface area contributed by atoms with Gasteiger partial charge in [0.15, 0.2) is 16.6 Å². The van der Waals surface area contributed by atoms with E-state index in [1.54, 1.807) is 58.0 Å². The number of sulfone groups is 1. The van der Waals surface area contributed by atoms with Crippen molar-refractivity contribution in [2.75, 3.05) is 17.6 Å². The van der Waals surface area contributed by atoms with E-state index in [2.05, 4.69) is 20.3 Å². The minimum Gasteiger partial charge on any atom is -0.465 e. The highest BCUT2D eigenvalue weighted by Crippen LogP contribution is 2.30. The molecular weight excluding hydrogens is 452 g/mol. The van der Waals surface area contributed by atoms with E-state index >= 15 is 0 Å². The van der Waals surface area contributed by atoms with Gasteiger partial charge in [-0.05, 0) is 33.3 Å². The highest BCUT2D eigenvalue weighted by molar-refractivity contribution is 7.90. The first-order valence-electron chi connectivity index (χ1n) is 9.84. The summed E-state index contributed by atoms with van der Waals surface area (Å²) >= 11 is 1.13. The molecule has 1 aromatic carbocycles. The monoisotopic (exact) mass is 478 g/mol. The molecule has 0 unspecified atom stereocenters. The lowest BCUT2D eigenvalue weighted by Crippen LogP contribution is -2.49. The molecule has 172 valence electrons. The average Bonchev–Trinajstić information content (AvgIpc) is 3.06. The van der Waals surface area contributed by atoms with Crippen molar-refractivity contribution in [2.45, 2.75) is 50.2 Å². The van der Waals surface area contributed by atoms with E-state index in [0.717, 1.165) is 11.3 Å². The van der Waals surface area contributed by atoms with Crippen molar-refractivity contribution < 1.29 is 18.3 Å². The molecule has 0 aliphatic rings. The molecule has 3 rings (SSSR count). The normalized spacial score (nSPS) is 13.1. The number of benzene rings is 1. The summed E-state index contributed by atoms with van der Waals surface area (Å²) in [4.78, 5) is 25.5. The SMILES string of the molecule is C[C@H](CN(C(=O)O)C(C)(C)C)Nc1nc(S(=O)(=O)Cc2ccccc2)nc2nc(N)sc12. The second kappa shape index (κ2) is 8.87. The lowest BCUT2D eigenvalue weighted by molar-refractivity contribution is 0.0984. The average molecular weight is 479 g/mol. The lowest BCUT2D eigenvalue weighted by atomic mass is 10.1. The van der Waals surface area contributed by atoms with Crippen LogP contribution in [-0.2, 0) is 15.6 Å². The van der Waals surface area contributed by atoms with Crippen molar-refractivity contribution in [3.05, 3.63) is 35.9 Å². The van der Waals surface area contributed by atoms with Crippen molar-refractivity contribution in [1.29, 1.82) is 0 Å². The summed E-state index contributed by atoms with van der Waals surface area (Å²) in [6.45, 7) is 7.35. The minimum atomic E-state index is -3.86. The molecule has 32 heavy (non-hydrogen) atoms. The third-order valence-corrected chi connectivity index (χ3v) is 6.94. The van der Waals surface area contributed by atoms with E-state index < -0.39 is 21.5 Å². The smallest absolute Gasteiger partial charge is 0.407 e. The number of nitrogens with one attached hydrogen (secondary N) is 1. The first kappa shape index (κ1) is 23.7. The zero-order chi connectivity index (χ0) is 23.7. The van der Waals surface area contributed by atoms with Crippen LogP contribution in [0.15, 0.2) is 35.5 Å². The molecule has 2 heterocycles. The molecule has 0 saturated heterocycles. The maximum atomic E-state index is 13.0. The summed E-state index contributed by atoms with van der Waals surface area (Å²) < 4.78 is 26.5. The molecular formula is C20H26N6O4S2. The van der Waals surface area contributed by atoms with Crippen molar-refractivity contribution >= 4 is 48.6 Å². The number of nitrogen functional groups attached to an aromatic ring is 1. The Balaban J connectivity index is 1.95. The largest absolute Gasteiger partial charge is 0.465 e. The molecule has 0 fully saturated rings. The molecule has 0 aliphatic heterocycles. The number of fused-ring (bicyclic) bond motifs is 1. The first-order valence-corrected chi connectivity index (χ1v) is 12.3. The van der Waals surface area contributed by atoms with Gasteiger partial charge >= 0.3 is 6.09 Å². The van der Waals surface area contributed by atoms with Crippen molar-refractivity contribution in [1.82, 2.24) is 19.9 Å². The van der Waals surface area contributed by atoms with Gasteiger partial charge in [0.2, 0.25) is 9.84 Å². The number of thiazole rings is 1. The molecule has 12 heteroatoms. The second-order valence-electron chi connectivity index (χ2n) is 8.41. The number of carboxylic acid groups (broad SMARTS) is 1. The third kappa shape index (κ3) is 5.43. The van der Waals surface area contributed by atoms with Crippen LogP contribution < -0.4 is 11.1 Å². The number of nitrogens with zero attached hydrogens (tertiary/aromatic N) is 4. The van der Waals surface area contributed by atoms with Gasteiger partial charge in [0.25, 0.3) is 5.16 Å². The van der Waals surface area contributed by atoms with Crippen LogP contribution in [0.1, 0.15) is 33.3 Å². The molecule has 10 nitrogen and oxygen atoms in total. The highest BCUT2D eigenvalue weighted by atomic mass is 32.2. The molecule has 0 radical (unpaired) electrons. The van der Waals surface area contributed by atoms with Crippen LogP contribution in [0.3, 0.4) is 0 Å². The number of nitrogens with two attached hydrogens (primary N) is 1. The van der Waals surface area contributed by atoms with Gasteiger partial charge in [-0.3, -0.25) is 0 Å². The van der Waals surface area contributed by atoms with E-state index in [4.69, 9.17) is 5.73 Å². The summed E-state index contributed by atoms with van der Waals surface area (Å²) in [5, 5.41) is 12.5. The minimum absolute atomic E-state index is 0.157. The van der Waals surface area contributed by atoms with Crippen LogP contribution in [0.5, 0.6) is 0 Å². The van der Waals surface area contributed by atoms with Gasteiger partial charge in [-0.25, -0.2) is 18.2 Å². The fraction of sp³-hybridized carbons (Fsp3) is 0.400. The second-order valence-corrected chi connectivity index (χ2v) is 11.3. The van der Waals surface area contributed by atoms with Crippen LogP contribution in [0.2, 0.25) is 0 Å². The Kier molecular flexibility index (Phi) is 6.56. The molecule has 0 saturated carbocycles. The quantitative estimate of drug-likeness (QED) is 0.435. The Morgan fingerprint density at radius 2 is 1.88 bits per heavy atom. The van der Waals surface area contributed by atoms with E-state index in [-0.39, 0.29) is 40.1 Å². The van der Waals surface area contributed by atoms with Gasteiger partial charge in [-0.15, -0.1) is 0 Å². The van der Waals surface area contributed by atoms with Crippen molar-refractivity contribution in [2.24, 2.45) is 0 Å². The fourth-order valence-corrected chi connectivity index (χ4v) is 5.05. The van der Waals surface area contributed by atoms with Crippen molar-refractivity contribution in [3.8, 4) is 0 Å². The zero-order valence-electron chi connectivity index (χ0n) is 18.2. The molecule has 0 aliphatic carbocycles. The Labute approximate surface area is 190 Å². The van der Waals surface area contributed by atoms with E-state index in [9.17, 15) is 18.3 Å². The summed E-state index contributed by atoms with van der Waals surface area (Å²) in [7, 11) is -3.86. The van der Waals surface area contributed by atoms with Crippen LogP contribution in [0, 0.1) is 0 Å². The van der Waals surface area contributed by atoms with E-state index in [1.807, 2.05) is 0 Å². The van der Waals surface area contributed by atoms with Gasteiger partial charge < -0.3 is 21.1 Å². The van der Waals surface area contributed by atoms with Crippen molar-refractivity contribution in [3.63, 3.8) is 0 Å². The summed E-state index contributed by atoms with van der Waals surface area (Å²) in [5.74, 6) is -0.00676. The van der Waals surface area contributed by atoms with E-state index in [1.165, 1.54) is 4.90 Å². The molecule has 0 bridgehead atoms. The number of carbonyl (C=O) groups is 1. The molecule has 1 atom stereocenters. The van der Waals surface area contributed by atoms with Gasteiger partial charge in [0.05, 0.1) is 5.75 Å². The van der Waals surface area contributed by atoms with Crippen LogP contribution in [-0.4, -0.2) is 57.6 Å². The summed E-state index contributed by atoms with van der Waals surface area (Å²) in [6, 6.07) is 8.37. The molecule has 3 aromatic rings. The van der Waals surface area contributed by atoms with Crippen LogP contribution in [0.25, 0.3) is 10.3 Å². The molecule has 2 aromatic heterocycles. The van der Waals surface area contributed by atoms with Crippen LogP contribution in [0.4, 0.5) is 15.7 Å². The van der Waals surface area contributed by atoms with Gasteiger partial charge in [0.1, 0.15) is 4.70 Å². The Morgan fingerprint density at radius 1 is 1.22 bits per heavy atom. The zero-order valence-corrected chi connectivity index (χ0v) is 19.9.